The van der Waals surface area contributed by atoms with Gasteiger partial charge >= 0.3 is 0 Å². The molecule has 0 heterocycles. The molecular weight excluding hydrogens is 263 g/mol. The molecule has 0 atom stereocenters. The number of rotatable bonds is 1. The molecule has 98 valence electrons. The Bertz CT molecular complexity index is 895. The molecule has 3 aromatic rings. The Morgan fingerprint density at radius 3 is 2.43 bits per heavy atom. The van der Waals surface area contributed by atoms with E-state index in [1.54, 1.807) is 6.07 Å². The zero-order valence-corrected chi connectivity index (χ0v) is 11.0. The summed E-state index contributed by atoms with van der Waals surface area (Å²) in [5.41, 5.74) is 1.30. The molecule has 0 radical (unpaired) electrons. The van der Waals surface area contributed by atoms with Crippen molar-refractivity contribution in [3.63, 3.8) is 0 Å². The molecule has 0 unspecified atom stereocenters. The SMILES string of the molecule is [C-]#[N+]c1cc(-c2ccc3ccccc3c2)cc(C#N)c1F. The van der Waals surface area contributed by atoms with Gasteiger partial charge in [0.15, 0.2) is 0 Å². The van der Waals surface area contributed by atoms with Crippen molar-refractivity contribution in [1.82, 2.24) is 0 Å². The molecule has 0 aromatic heterocycles. The molecule has 0 saturated carbocycles. The van der Waals surface area contributed by atoms with Crippen molar-refractivity contribution < 1.29 is 4.39 Å². The van der Waals surface area contributed by atoms with E-state index in [1.807, 2.05) is 42.5 Å². The molecule has 0 aliphatic carbocycles. The second-order valence-electron chi connectivity index (χ2n) is 4.64. The summed E-state index contributed by atoms with van der Waals surface area (Å²) in [6.45, 7) is 7.02. The van der Waals surface area contributed by atoms with Gasteiger partial charge in [0, 0.05) is 0 Å². The molecule has 0 amide bonds. The van der Waals surface area contributed by atoms with Crippen LogP contribution in [-0.2, 0) is 0 Å². The fraction of sp³-hybridized carbons (Fsp3) is 0. The quantitative estimate of drug-likeness (QED) is 0.568. The van der Waals surface area contributed by atoms with E-state index in [2.05, 4.69) is 4.85 Å². The van der Waals surface area contributed by atoms with Gasteiger partial charge in [0.25, 0.3) is 0 Å². The average Bonchev–Trinajstić information content (AvgIpc) is 2.54. The number of fused-ring (bicyclic) bond motifs is 1. The summed E-state index contributed by atoms with van der Waals surface area (Å²) in [4.78, 5) is 3.15. The third-order valence-electron chi connectivity index (χ3n) is 3.38. The van der Waals surface area contributed by atoms with Crippen LogP contribution in [0.5, 0.6) is 0 Å². The van der Waals surface area contributed by atoms with Crippen molar-refractivity contribution in [2.45, 2.75) is 0 Å². The third kappa shape index (κ3) is 2.22. The van der Waals surface area contributed by atoms with Crippen molar-refractivity contribution in [1.29, 1.82) is 5.26 Å². The van der Waals surface area contributed by atoms with Crippen molar-refractivity contribution >= 4 is 16.5 Å². The van der Waals surface area contributed by atoms with Gasteiger partial charge in [-0.3, -0.25) is 0 Å². The molecule has 0 spiro atoms. The molecule has 21 heavy (non-hydrogen) atoms. The van der Waals surface area contributed by atoms with Crippen LogP contribution in [0.15, 0.2) is 54.6 Å². The highest BCUT2D eigenvalue weighted by atomic mass is 19.1. The monoisotopic (exact) mass is 272 g/mol. The van der Waals surface area contributed by atoms with Crippen LogP contribution in [0.25, 0.3) is 26.7 Å². The molecule has 3 rings (SSSR count). The van der Waals surface area contributed by atoms with E-state index >= 15 is 0 Å². The van der Waals surface area contributed by atoms with Gasteiger partial charge < -0.3 is 0 Å². The number of hydrogen-bond acceptors (Lipinski definition) is 1. The minimum atomic E-state index is -0.753. The average molecular weight is 272 g/mol. The van der Waals surface area contributed by atoms with Gasteiger partial charge in [-0.05, 0) is 40.1 Å². The lowest BCUT2D eigenvalue weighted by Crippen LogP contribution is -1.87. The number of hydrogen-bond donors (Lipinski definition) is 0. The molecule has 0 bridgehead atoms. The van der Waals surface area contributed by atoms with Gasteiger partial charge in [0.1, 0.15) is 11.9 Å². The van der Waals surface area contributed by atoms with E-state index in [-0.39, 0.29) is 11.3 Å². The van der Waals surface area contributed by atoms with Crippen LogP contribution in [0.4, 0.5) is 10.1 Å². The minimum Gasteiger partial charge on any atom is -0.235 e. The second kappa shape index (κ2) is 5.07. The summed E-state index contributed by atoms with van der Waals surface area (Å²) in [7, 11) is 0. The minimum absolute atomic E-state index is 0.105. The van der Waals surface area contributed by atoms with Gasteiger partial charge in [0.05, 0.1) is 12.1 Å². The zero-order chi connectivity index (χ0) is 14.8. The Hall–Kier alpha value is -3.17. The number of nitrogens with zero attached hydrogens (tertiary/aromatic N) is 2. The van der Waals surface area contributed by atoms with Crippen molar-refractivity contribution in [2.75, 3.05) is 0 Å². The Balaban J connectivity index is 2.23. The van der Waals surface area contributed by atoms with E-state index in [9.17, 15) is 4.39 Å². The first-order valence-corrected chi connectivity index (χ1v) is 6.33. The standard InChI is InChI=1S/C18H9FN2/c1-21-17-10-15(9-16(11-20)18(17)19)14-7-6-12-4-2-3-5-13(12)8-14/h2-10H. The first kappa shape index (κ1) is 12.8. The molecule has 0 aliphatic heterocycles. The smallest absolute Gasteiger partial charge is 0.224 e. The Morgan fingerprint density at radius 1 is 0.952 bits per heavy atom. The largest absolute Gasteiger partial charge is 0.235 e. The second-order valence-corrected chi connectivity index (χ2v) is 4.64. The van der Waals surface area contributed by atoms with E-state index in [4.69, 9.17) is 11.8 Å². The number of halogens is 1. The van der Waals surface area contributed by atoms with Crippen LogP contribution in [0.2, 0.25) is 0 Å². The lowest BCUT2D eigenvalue weighted by molar-refractivity contribution is 0.630. The van der Waals surface area contributed by atoms with Crippen LogP contribution in [0, 0.1) is 23.7 Å². The maximum atomic E-state index is 13.8. The molecule has 0 saturated heterocycles. The maximum Gasteiger partial charge on any atom is 0.224 e. The van der Waals surface area contributed by atoms with Gasteiger partial charge in [-0.25, -0.2) is 9.24 Å². The lowest BCUT2D eigenvalue weighted by atomic mass is 9.99. The first-order chi connectivity index (χ1) is 10.2. The van der Waals surface area contributed by atoms with E-state index in [0.717, 1.165) is 16.3 Å². The van der Waals surface area contributed by atoms with Crippen molar-refractivity contribution in [3.8, 4) is 17.2 Å². The Kier molecular flexibility index (Phi) is 3.10. The third-order valence-corrected chi connectivity index (χ3v) is 3.38. The number of benzene rings is 3. The summed E-state index contributed by atoms with van der Waals surface area (Å²) in [6.07, 6.45) is 0. The molecule has 2 nitrogen and oxygen atoms in total. The zero-order valence-electron chi connectivity index (χ0n) is 11.0. The Morgan fingerprint density at radius 2 is 1.71 bits per heavy atom. The van der Waals surface area contributed by atoms with Gasteiger partial charge in [0.2, 0.25) is 5.69 Å². The normalized spacial score (nSPS) is 10.0. The van der Waals surface area contributed by atoms with Crippen molar-refractivity contribution in [3.05, 3.63) is 77.4 Å². The fourth-order valence-electron chi connectivity index (χ4n) is 2.31. The van der Waals surface area contributed by atoms with Crippen molar-refractivity contribution in [2.24, 2.45) is 0 Å². The molecule has 3 heteroatoms. The van der Waals surface area contributed by atoms with Gasteiger partial charge in [-0.2, -0.15) is 5.26 Å². The predicted octanol–water partition coefficient (Wildman–Crippen LogP) is 5.07. The van der Waals surface area contributed by atoms with Crippen LogP contribution >= 0.6 is 0 Å². The predicted molar refractivity (Wildman–Crippen MR) is 80.3 cm³/mol. The maximum absolute atomic E-state index is 13.8. The van der Waals surface area contributed by atoms with E-state index in [0.29, 0.717) is 5.56 Å². The Labute approximate surface area is 121 Å². The summed E-state index contributed by atoms with van der Waals surface area (Å²) in [5, 5.41) is 11.2. The fourth-order valence-corrected chi connectivity index (χ4v) is 2.31. The molecule has 0 fully saturated rings. The highest BCUT2D eigenvalue weighted by molar-refractivity contribution is 5.88. The first-order valence-electron chi connectivity index (χ1n) is 6.33. The van der Waals surface area contributed by atoms with Crippen LogP contribution in [0.1, 0.15) is 5.56 Å². The highest BCUT2D eigenvalue weighted by Gasteiger charge is 2.11. The number of nitriles is 1. The molecule has 3 aromatic carbocycles. The molecule has 0 aliphatic rings. The highest BCUT2D eigenvalue weighted by Crippen LogP contribution is 2.31. The van der Waals surface area contributed by atoms with E-state index < -0.39 is 5.82 Å². The van der Waals surface area contributed by atoms with E-state index in [1.165, 1.54) is 12.1 Å². The lowest BCUT2D eigenvalue weighted by Gasteiger charge is -2.06. The molecular formula is C18H9FN2. The van der Waals surface area contributed by atoms with Crippen LogP contribution < -0.4 is 0 Å². The topological polar surface area (TPSA) is 28.1 Å². The van der Waals surface area contributed by atoms with Crippen LogP contribution in [-0.4, -0.2) is 0 Å². The summed E-state index contributed by atoms with van der Waals surface area (Å²) >= 11 is 0. The molecule has 0 N–H and O–H groups in total. The van der Waals surface area contributed by atoms with Gasteiger partial charge in [-0.15, -0.1) is 0 Å². The summed E-state index contributed by atoms with van der Waals surface area (Å²) < 4.78 is 13.8. The van der Waals surface area contributed by atoms with Crippen LogP contribution in [0.3, 0.4) is 0 Å². The summed E-state index contributed by atoms with van der Waals surface area (Å²) in [6, 6.07) is 18.5. The van der Waals surface area contributed by atoms with Gasteiger partial charge in [-0.1, -0.05) is 36.4 Å². The summed E-state index contributed by atoms with van der Waals surface area (Å²) in [5.74, 6) is -0.753.